The lowest BCUT2D eigenvalue weighted by molar-refractivity contribution is 0.0697. The molecule has 0 bridgehead atoms. The molecular weight excluding hydrogens is 242 g/mol. The first kappa shape index (κ1) is 12.6. The summed E-state index contributed by atoms with van der Waals surface area (Å²) in [6, 6.07) is 4.81. The Bertz CT molecular complexity index is 682. The zero-order valence-electron chi connectivity index (χ0n) is 10.2. The Kier molecular flexibility index (Phi) is 3.44. The van der Waals surface area contributed by atoms with E-state index in [2.05, 4.69) is 21.8 Å². The third-order valence-corrected chi connectivity index (χ3v) is 2.48. The van der Waals surface area contributed by atoms with Crippen LogP contribution < -0.4 is 5.73 Å². The molecule has 0 amide bonds. The van der Waals surface area contributed by atoms with Crippen LogP contribution >= 0.6 is 0 Å². The smallest absolute Gasteiger partial charge is 0.335 e. The van der Waals surface area contributed by atoms with E-state index in [4.69, 9.17) is 10.8 Å². The van der Waals surface area contributed by atoms with Crippen LogP contribution in [-0.2, 0) is 0 Å². The first-order chi connectivity index (χ1) is 9.06. The summed E-state index contributed by atoms with van der Waals surface area (Å²) < 4.78 is 0. The first-order valence-corrected chi connectivity index (χ1v) is 5.50. The Morgan fingerprint density at radius 2 is 2.05 bits per heavy atom. The second kappa shape index (κ2) is 5.19. The number of nitrogens with zero attached hydrogens (tertiary/aromatic N) is 2. The largest absolute Gasteiger partial charge is 0.478 e. The van der Waals surface area contributed by atoms with Crippen molar-refractivity contribution in [3.05, 3.63) is 53.0 Å². The van der Waals surface area contributed by atoms with E-state index in [1.807, 2.05) is 6.92 Å². The monoisotopic (exact) mass is 253 g/mol. The van der Waals surface area contributed by atoms with Crippen LogP contribution in [0.2, 0.25) is 0 Å². The molecule has 1 heterocycles. The number of aryl methyl sites for hydroxylation is 1. The fourth-order valence-corrected chi connectivity index (χ4v) is 1.42. The predicted octanol–water partition coefficient (Wildman–Crippen LogP) is 1.47. The van der Waals surface area contributed by atoms with Crippen LogP contribution in [0.15, 0.2) is 30.6 Å². The second-order valence-electron chi connectivity index (χ2n) is 3.91. The number of carboxylic acids is 1. The molecule has 0 atom stereocenters. The molecule has 0 aliphatic heterocycles. The minimum Gasteiger partial charge on any atom is -0.478 e. The Hall–Kier alpha value is -2.87. The molecule has 5 heteroatoms. The van der Waals surface area contributed by atoms with E-state index in [1.54, 1.807) is 12.1 Å². The molecule has 0 aliphatic rings. The average molecular weight is 253 g/mol. The maximum absolute atomic E-state index is 10.9. The number of aromatic carboxylic acids is 1. The van der Waals surface area contributed by atoms with Gasteiger partial charge in [0.1, 0.15) is 11.5 Å². The minimum atomic E-state index is -0.977. The number of aromatic nitrogens is 2. The summed E-state index contributed by atoms with van der Waals surface area (Å²) in [6.45, 7) is 1.87. The number of hydrogen-bond acceptors (Lipinski definition) is 4. The van der Waals surface area contributed by atoms with E-state index in [0.717, 1.165) is 5.56 Å². The van der Waals surface area contributed by atoms with Gasteiger partial charge < -0.3 is 10.8 Å². The fourth-order valence-electron chi connectivity index (χ4n) is 1.42. The number of benzene rings is 1. The van der Waals surface area contributed by atoms with E-state index in [-0.39, 0.29) is 5.56 Å². The van der Waals surface area contributed by atoms with Crippen LogP contribution in [0.5, 0.6) is 0 Å². The van der Waals surface area contributed by atoms with Gasteiger partial charge in [0.05, 0.1) is 18.0 Å². The van der Waals surface area contributed by atoms with Crippen molar-refractivity contribution >= 4 is 11.8 Å². The van der Waals surface area contributed by atoms with E-state index < -0.39 is 5.97 Å². The molecule has 0 saturated carbocycles. The van der Waals surface area contributed by atoms with E-state index >= 15 is 0 Å². The van der Waals surface area contributed by atoms with E-state index in [0.29, 0.717) is 17.1 Å². The number of anilines is 1. The van der Waals surface area contributed by atoms with Crippen molar-refractivity contribution in [2.75, 3.05) is 5.73 Å². The topological polar surface area (TPSA) is 89.1 Å². The molecule has 0 radical (unpaired) electrons. The van der Waals surface area contributed by atoms with Crippen molar-refractivity contribution in [2.24, 2.45) is 0 Å². The highest BCUT2D eigenvalue weighted by Crippen LogP contribution is 2.10. The van der Waals surface area contributed by atoms with Gasteiger partial charge in [-0.3, -0.25) is 0 Å². The van der Waals surface area contributed by atoms with Gasteiger partial charge in [-0.25, -0.2) is 14.8 Å². The third kappa shape index (κ3) is 3.07. The number of rotatable bonds is 1. The van der Waals surface area contributed by atoms with Crippen molar-refractivity contribution in [1.29, 1.82) is 0 Å². The number of hydrogen-bond donors (Lipinski definition) is 2. The summed E-state index contributed by atoms with van der Waals surface area (Å²) in [5.41, 5.74) is 7.67. The Morgan fingerprint density at radius 3 is 2.68 bits per heavy atom. The molecule has 1 aromatic heterocycles. The molecular formula is C14H11N3O2. The van der Waals surface area contributed by atoms with E-state index in [9.17, 15) is 4.79 Å². The number of carbonyl (C=O) groups is 1. The lowest BCUT2D eigenvalue weighted by Crippen LogP contribution is -1.97. The Labute approximate surface area is 110 Å². The van der Waals surface area contributed by atoms with Gasteiger partial charge in [0, 0.05) is 5.56 Å². The fraction of sp³-hybridized carbons (Fsp3) is 0.0714. The molecule has 0 unspecified atom stereocenters. The molecule has 19 heavy (non-hydrogen) atoms. The van der Waals surface area contributed by atoms with E-state index in [1.165, 1.54) is 18.5 Å². The quantitative estimate of drug-likeness (QED) is 0.751. The van der Waals surface area contributed by atoms with Crippen molar-refractivity contribution in [2.45, 2.75) is 6.92 Å². The summed E-state index contributed by atoms with van der Waals surface area (Å²) >= 11 is 0. The average Bonchev–Trinajstić information content (AvgIpc) is 2.39. The molecule has 0 spiro atoms. The van der Waals surface area contributed by atoms with Crippen LogP contribution in [0, 0.1) is 18.8 Å². The van der Waals surface area contributed by atoms with Crippen LogP contribution in [0.3, 0.4) is 0 Å². The van der Waals surface area contributed by atoms with Crippen molar-refractivity contribution in [3.8, 4) is 11.8 Å². The first-order valence-electron chi connectivity index (χ1n) is 5.50. The van der Waals surface area contributed by atoms with Crippen LogP contribution in [0.25, 0.3) is 0 Å². The predicted molar refractivity (Wildman–Crippen MR) is 70.6 cm³/mol. The highest BCUT2D eigenvalue weighted by atomic mass is 16.4. The van der Waals surface area contributed by atoms with Crippen LogP contribution in [0.4, 0.5) is 5.82 Å². The second-order valence-corrected chi connectivity index (χ2v) is 3.91. The van der Waals surface area contributed by atoms with Gasteiger partial charge in [-0.1, -0.05) is 12.0 Å². The van der Waals surface area contributed by atoms with Crippen LogP contribution in [0.1, 0.15) is 27.2 Å². The molecule has 2 rings (SSSR count). The summed E-state index contributed by atoms with van der Waals surface area (Å²) in [7, 11) is 0. The van der Waals surface area contributed by atoms with Gasteiger partial charge >= 0.3 is 5.97 Å². The Morgan fingerprint density at radius 1 is 1.26 bits per heavy atom. The standard InChI is InChI=1S/C14H11N3O2/c1-9-2-3-11(14(18)19)6-10(9)4-5-12-7-17-13(15)8-16-12/h2-3,6-8H,1H3,(H2,15,17)(H,18,19). The zero-order valence-corrected chi connectivity index (χ0v) is 10.2. The normalized spacial score (nSPS) is 9.53. The molecule has 0 aliphatic carbocycles. The molecule has 0 saturated heterocycles. The summed E-state index contributed by atoms with van der Waals surface area (Å²) in [6.07, 6.45) is 2.89. The number of nitrogen functional groups attached to an aromatic ring is 1. The lowest BCUT2D eigenvalue weighted by atomic mass is 10.1. The minimum absolute atomic E-state index is 0.207. The van der Waals surface area contributed by atoms with Gasteiger partial charge in [-0.15, -0.1) is 0 Å². The SMILES string of the molecule is Cc1ccc(C(=O)O)cc1C#Cc1cnc(N)cn1. The molecule has 3 N–H and O–H groups in total. The van der Waals surface area contributed by atoms with Gasteiger partial charge in [0.2, 0.25) is 0 Å². The van der Waals surface area contributed by atoms with Crippen molar-refractivity contribution in [3.63, 3.8) is 0 Å². The van der Waals surface area contributed by atoms with Gasteiger partial charge in [0.15, 0.2) is 0 Å². The number of nitrogens with two attached hydrogens (primary N) is 1. The van der Waals surface area contributed by atoms with Crippen molar-refractivity contribution in [1.82, 2.24) is 9.97 Å². The maximum Gasteiger partial charge on any atom is 0.335 e. The van der Waals surface area contributed by atoms with Crippen molar-refractivity contribution < 1.29 is 9.90 Å². The Balaban J connectivity index is 2.36. The summed E-state index contributed by atoms with van der Waals surface area (Å²) in [4.78, 5) is 18.8. The van der Waals surface area contributed by atoms with Gasteiger partial charge in [0.25, 0.3) is 0 Å². The summed E-state index contributed by atoms with van der Waals surface area (Å²) in [5.74, 6) is 5.06. The maximum atomic E-state index is 10.9. The molecule has 2 aromatic rings. The number of carboxylic acid groups (broad SMARTS) is 1. The molecule has 94 valence electrons. The lowest BCUT2D eigenvalue weighted by Gasteiger charge is -1.99. The molecule has 1 aromatic carbocycles. The third-order valence-electron chi connectivity index (χ3n) is 2.48. The van der Waals surface area contributed by atoms with Gasteiger partial charge in [-0.2, -0.15) is 0 Å². The van der Waals surface area contributed by atoms with Gasteiger partial charge in [-0.05, 0) is 30.5 Å². The molecule has 5 nitrogen and oxygen atoms in total. The summed E-state index contributed by atoms with van der Waals surface area (Å²) in [5, 5.41) is 8.93. The highest BCUT2D eigenvalue weighted by molar-refractivity contribution is 5.88. The highest BCUT2D eigenvalue weighted by Gasteiger charge is 2.04. The zero-order chi connectivity index (χ0) is 13.8. The molecule has 0 fully saturated rings. The van der Waals surface area contributed by atoms with Crippen LogP contribution in [-0.4, -0.2) is 21.0 Å².